The molecule has 3 aliphatic heterocycles. The smallest absolute Gasteiger partial charge is 0.370 e. The Hall–Kier alpha value is -10.0. The van der Waals surface area contributed by atoms with Crippen LogP contribution in [0, 0.1) is 23.7 Å². The van der Waals surface area contributed by atoms with Gasteiger partial charge in [0.05, 0.1) is 73.5 Å². The molecule has 0 bridgehead atoms. The second kappa shape index (κ2) is 35.2. The van der Waals surface area contributed by atoms with Crippen LogP contribution in [0.5, 0.6) is 0 Å². The second-order valence-electron chi connectivity index (χ2n) is 29.2. The van der Waals surface area contributed by atoms with E-state index in [2.05, 4.69) is 71.3 Å². The highest BCUT2D eigenvalue weighted by Crippen LogP contribution is 2.64. The zero-order valence-corrected chi connectivity index (χ0v) is 69.9. The molecule has 13 rings (SSSR count). The van der Waals surface area contributed by atoms with Crippen molar-refractivity contribution in [1.29, 1.82) is 0 Å². The van der Waals surface area contributed by atoms with Gasteiger partial charge in [-0.3, -0.25) is 42.7 Å². The number of carboxylic acids is 1. The van der Waals surface area contributed by atoms with E-state index < -0.39 is 105 Å². The number of esters is 3. The van der Waals surface area contributed by atoms with Crippen LogP contribution in [-0.4, -0.2) is 168 Å². The number of hydrogen-bond acceptors (Lipinski definition) is 21. The number of carboxylic acid groups (broad SMARTS) is 1. The molecule has 3 aliphatic rings. The van der Waals surface area contributed by atoms with Crippen LogP contribution in [0.3, 0.4) is 0 Å². The van der Waals surface area contributed by atoms with Crippen molar-refractivity contribution in [3.05, 3.63) is 244 Å². The number of likely N-dealkylation sites (tertiary alicyclic amines) is 1. The number of benzene rings is 4. The first-order valence-electron chi connectivity index (χ1n) is 36.0. The predicted molar refractivity (Wildman–Crippen MR) is 437 cm³/mol. The van der Waals surface area contributed by atoms with Crippen LogP contribution in [0.25, 0.3) is 15.2 Å². The lowest BCUT2D eigenvalue weighted by Crippen LogP contribution is -2.73. The Morgan fingerprint density at radius 1 is 0.788 bits per heavy atom. The number of β-lactam (4-membered cyclic amide) rings is 2. The first kappa shape index (κ1) is 85.4. The van der Waals surface area contributed by atoms with Gasteiger partial charge >= 0.3 is 17.9 Å². The van der Waals surface area contributed by atoms with Crippen molar-refractivity contribution in [2.75, 3.05) is 39.8 Å². The lowest BCUT2D eigenvalue weighted by molar-refractivity contribution is -0.684. The molecule has 10 aromatic rings. The number of carbonyl (C=O) groups is 8. The van der Waals surface area contributed by atoms with Gasteiger partial charge < -0.3 is 53.9 Å². The largest absolute Gasteiger partial charge is 0.543 e. The molecular formula is C82H89BBrN10O15PS2Si+. The first-order valence-corrected chi connectivity index (χ1v) is 43.2. The van der Waals surface area contributed by atoms with Crippen molar-refractivity contribution in [3.63, 3.8) is 0 Å². The Morgan fingerprint density at radius 2 is 1.38 bits per heavy atom. The number of pyridine rings is 2. The molecule has 3 N–H and O–H groups in total. The number of aliphatic hydroxyl groups excluding tert-OH is 1. The number of imidazole rings is 2. The van der Waals surface area contributed by atoms with Crippen LogP contribution >= 0.6 is 45.9 Å². The number of thiazole rings is 2. The van der Waals surface area contributed by atoms with Gasteiger partial charge in [0, 0.05) is 90.3 Å². The number of halogens is 1. The number of carbonyl (C=O) groups excluding carboxylic acids is 8. The summed E-state index contributed by atoms with van der Waals surface area (Å²) in [7, 11) is 1.35. The molecular weight excluding hydrogens is 1580 g/mol. The quantitative estimate of drug-likeness (QED) is 0.00589. The number of anilines is 1. The van der Waals surface area contributed by atoms with Gasteiger partial charge in [-0.25, -0.2) is 19.6 Å². The highest BCUT2D eigenvalue weighted by Gasteiger charge is 2.69. The molecule has 0 spiro atoms. The summed E-state index contributed by atoms with van der Waals surface area (Å²) in [6.07, 6.45) is 13.3. The third-order valence-corrected chi connectivity index (χ3v) is 32.9. The number of ether oxygens (including phenoxy) is 4. The molecule has 0 aliphatic carbocycles. The maximum absolute atomic E-state index is 15.2. The van der Waals surface area contributed by atoms with Crippen molar-refractivity contribution in [2.24, 2.45) is 29.4 Å². The van der Waals surface area contributed by atoms with Crippen molar-refractivity contribution in [1.82, 2.24) is 33.6 Å². The Balaban J connectivity index is 0.000000203. The lowest BCUT2D eigenvalue weighted by Gasteiger charge is -2.55. The molecule has 587 valence electrons. The number of methoxy groups -OCH3 is 2. The number of primary amides is 1. The lowest BCUT2D eigenvalue weighted by atomic mass is 9.76. The summed E-state index contributed by atoms with van der Waals surface area (Å²) in [5.74, 6) is -10.7. The van der Waals surface area contributed by atoms with Crippen LogP contribution in [-0.2, 0) is 64.5 Å². The van der Waals surface area contributed by atoms with E-state index in [0.717, 1.165) is 35.8 Å². The number of aliphatic hydroxyl groups is 1. The van der Waals surface area contributed by atoms with E-state index in [0.29, 0.717) is 26.5 Å². The molecule has 1 unspecified atom stereocenters. The molecule has 4 aromatic carbocycles. The normalized spacial score (nSPS) is 17.8. The number of ketones is 1. The van der Waals surface area contributed by atoms with Gasteiger partial charge in [-0.1, -0.05) is 101 Å². The zero-order chi connectivity index (χ0) is 81.1. The Morgan fingerprint density at radius 3 is 1.91 bits per heavy atom. The Bertz CT molecular complexity index is 5100. The molecule has 3 amide bonds. The fourth-order valence-corrected chi connectivity index (χ4v) is 23.5. The third-order valence-electron chi connectivity index (χ3n) is 21.0. The molecule has 3 radical (unpaired) electrons. The summed E-state index contributed by atoms with van der Waals surface area (Å²) in [6, 6.07) is 41.5. The van der Waals surface area contributed by atoms with Crippen LogP contribution in [0.2, 0.25) is 18.1 Å². The van der Waals surface area contributed by atoms with Crippen LogP contribution in [0.4, 0.5) is 5.69 Å². The average Bonchev–Trinajstić information content (AvgIpc) is 1.68. The maximum Gasteiger partial charge on any atom is 0.370 e. The van der Waals surface area contributed by atoms with E-state index in [-0.39, 0.29) is 61.2 Å². The van der Waals surface area contributed by atoms with E-state index in [1.807, 2.05) is 147 Å². The minimum Gasteiger partial charge on any atom is -0.543 e. The summed E-state index contributed by atoms with van der Waals surface area (Å²) in [4.78, 5) is 127. The highest BCUT2D eigenvalue weighted by molar-refractivity contribution is 9.11. The number of hydrogen-bond donors (Lipinski definition) is 2. The summed E-state index contributed by atoms with van der Waals surface area (Å²) in [5, 5.41) is 24.4. The summed E-state index contributed by atoms with van der Waals surface area (Å²) in [6.45, 7) is 21.1. The molecule has 25 nitrogen and oxygen atoms in total. The SMILES string of the molecule is C=CCOC(=O)C(N1C(=O)[C@H]([C@@H](C)O[Si](C)(C)C(C)(C)C)[C@H]1[C@@H](C)C(=O)OC(=O)c1ccc(N(C)C)cc1)[P+](c1ccccc1)(c1ccccc1)c1ccccc1.COC(OC)(c1cccnc1)c1ncn2cc(Br)sc12.C[C@@H](O)[C@H]1C(=O)N2C(C(=O)[O-])=C(c3cn4cnc(C(=O)c5ccc[n+](CC(N)=O)c5)c4s3)[C@H](C)[C@H]12.[B]. The minimum absolute atomic E-state index is 0. The van der Waals surface area contributed by atoms with E-state index in [4.69, 9.17) is 29.1 Å². The Labute approximate surface area is 675 Å². The summed E-state index contributed by atoms with van der Waals surface area (Å²) in [5.41, 5.74) is 8.54. The first-order chi connectivity index (χ1) is 53.3. The zero-order valence-electron chi connectivity index (χ0n) is 64.8. The molecule has 9 heterocycles. The number of amides is 3. The van der Waals surface area contributed by atoms with E-state index in [1.54, 1.807) is 109 Å². The second-order valence-corrected chi connectivity index (χ2v) is 40.9. The van der Waals surface area contributed by atoms with Crippen molar-refractivity contribution < 1.29 is 76.5 Å². The molecule has 0 saturated carbocycles. The van der Waals surface area contributed by atoms with Gasteiger partial charge in [0.1, 0.15) is 63.5 Å². The van der Waals surface area contributed by atoms with E-state index >= 15 is 9.59 Å². The topological polar surface area (TPSA) is 313 Å². The van der Waals surface area contributed by atoms with Gasteiger partial charge in [0.2, 0.25) is 29.9 Å². The van der Waals surface area contributed by atoms with Gasteiger partial charge in [0.25, 0.3) is 11.7 Å². The molecule has 2 fully saturated rings. The third kappa shape index (κ3) is 16.6. The van der Waals surface area contributed by atoms with E-state index in [1.165, 1.54) is 46.3 Å². The molecule has 9 atom stereocenters. The number of nitrogens with zero attached hydrogens (tertiary/aromatic N) is 9. The minimum atomic E-state index is -3.20. The fourth-order valence-electron chi connectivity index (χ4n) is 14.6. The Kier molecular flexibility index (Phi) is 26.6. The van der Waals surface area contributed by atoms with Gasteiger partial charge in [-0.2, -0.15) is 4.57 Å². The maximum atomic E-state index is 15.2. The van der Waals surface area contributed by atoms with E-state index in [9.17, 15) is 39.0 Å². The molecule has 113 heavy (non-hydrogen) atoms. The summed E-state index contributed by atoms with van der Waals surface area (Å²) < 4.78 is 35.9. The predicted octanol–water partition coefficient (Wildman–Crippen LogP) is 8.74. The number of aliphatic carboxylic acids is 1. The van der Waals surface area contributed by atoms with Gasteiger partial charge in [-0.05, 0) is 128 Å². The van der Waals surface area contributed by atoms with Crippen LogP contribution < -0.4 is 36.2 Å². The number of rotatable bonds is 26. The molecule has 2 saturated heterocycles. The van der Waals surface area contributed by atoms with Crippen molar-refractivity contribution in [3.8, 4) is 0 Å². The monoisotopic (exact) mass is 1670 g/mol. The standard InChI is InChI=1S/C46H56N2O7PSi.C23H21N5O6S.C13H12BrN3O2S.B/c1-11-31-53-45(52)42(56(36-21-15-12-16-22-36,37-23-17-13-18-24-37)38-25-19-14-20-26-38)48-40(39(41(48)49)33(3)55-57(9,10)46(4,5)6)32(2)43(50)54-44(51)34-27-29-35(30-28-34)47(7)8;1-10-15(19(23(33)34)28-18(10)16(11(2)29)21(28)32)13-7-27-9-25-17(22(27)35-13)20(31)12-4-3-5-26(6-12)8-14(24)30;1-18-13(19-2,9-4-3-5-15-6-9)11-12-17(8-16-11)7-10(14)20-12;/h11-30,32-33,39-40,42H,1,31H2,2-10H3;3-7,9-11,16,18,29H,8H2,1-2H3,(H2-,24,30,33,34);3-8H,1-2H3;/q+1;;;/t32-,33-,39-,40-,42?;10-,11+,16+,18+;;/m10../s1. The van der Waals surface area contributed by atoms with Crippen molar-refractivity contribution >= 4 is 147 Å². The van der Waals surface area contributed by atoms with Gasteiger partial charge in [-0.15, -0.1) is 22.7 Å². The van der Waals surface area contributed by atoms with Crippen LogP contribution in [0.15, 0.2) is 212 Å². The van der Waals surface area contributed by atoms with Gasteiger partial charge in [0.15, 0.2) is 20.7 Å². The number of fused-ring (bicyclic) bond motifs is 3. The number of aromatic nitrogens is 6. The van der Waals surface area contributed by atoms with Crippen molar-refractivity contribution in [2.45, 2.75) is 109 Å². The fraction of sp³-hybridized carbons (Fsp3) is 0.317. The average molecular weight is 1670 g/mol. The summed E-state index contributed by atoms with van der Waals surface area (Å²) >= 11 is 6.24. The van der Waals surface area contributed by atoms with Crippen LogP contribution in [0.1, 0.15) is 91.0 Å². The number of nitrogens with two attached hydrogens (primary N) is 1. The highest BCUT2D eigenvalue weighted by atomic mass is 79.9. The molecule has 6 aromatic heterocycles. The molecule has 31 heteroatoms.